The summed E-state index contributed by atoms with van der Waals surface area (Å²) in [5.74, 6) is 0.407. The van der Waals surface area contributed by atoms with E-state index in [1.165, 1.54) is 61.8 Å². The molecule has 1 atom stereocenters. The van der Waals surface area contributed by atoms with Crippen molar-refractivity contribution in [1.82, 2.24) is 9.80 Å². The molecule has 1 saturated carbocycles. The highest BCUT2D eigenvalue weighted by molar-refractivity contribution is 5.42. The van der Waals surface area contributed by atoms with Crippen LogP contribution in [0, 0.1) is 5.92 Å². The summed E-state index contributed by atoms with van der Waals surface area (Å²) in [5, 5.41) is 0. The summed E-state index contributed by atoms with van der Waals surface area (Å²) in [4.78, 5) is 5.29. The molecule has 3 rings (SSSR count). The van der Waals surface area contributed by atoms with E-state index in [0.717, 1.165) is 37.2 Å². The number of alkyl halides is 3. The third-order valence-corrected chi connectivity index (χ3v) is 8.67. The monoisotopic (exact) mass is 639 g/mol. The van der Waals surface area contributed by atoms with Crippen molar-refractivity contribution in [2.45, 2.75) is 152 Å². The zero-order valence-electron chi connectivity index (χ0n) is 30.5. The van der Waals surface area contributed by atoms with E-state index in [1.54, 1.807) is 6.92 Å². The Kier molecular flexibility index (Phi) is 21.4. The molecule has 0 aromatic rings. The number of hydrogen-bond donors (Lipinski definition) is 0. The van der Waals surface area contributed by atoms with Crippen LogP contribution in [0.25, 0.3) is 0 Å². The van der Waals surface area contributed by atoms with E-state index < -0.39 is 17.6 Å². The van der Waals surface area contributed by atoms with Crippen LogP contribution in [-0.2, 0) is 0 Å². The second-order valence-corrected chi connectivity index (χ2v) is 12.4. The van der Waals surface area contributed by atoms with Crippen LogP contribution in [0.2, 0.25) is 0 Å². The van der Waals surface area contributed by atoms with Crippen molar-refractivity contribution < 1.29 is 17.6 Å². The fourth-order valence-corrected chi connectivity index (χ4v) is 5.67. The van der Waals surface area contributed by atoms with Crippen molar-refractivity contribution >= 4 is 0 Å². The van der Waals surface area contributed by atoms with Gasteiger partial charge in [0.2, 0.25) is 0 Å². The van der Waals surface area contributed by atoms with E-state index >= 15 is 0 Å². The third kappa shape index (κ3) is 15.9. The maximum atomic E-state index is 12.6. The Morgan fingerprint density at radius 3 is 1.96 bits per heavy atom. The van der Waals surface area contributed by atoms with Crippen LogP contribution in [0.5, 0.6) is 0 Å². The Labute approximate surface area is 275 Å². The van der Waals surface area contributed by atoms with Gasteiger partial charge in [-0.1, -0.05) is 111 Å². The highest BCUT2D eigenvalue weighted by atomic mass is 19.4. The van der Waals surface area contributed by atoms with Crippen molar-refractivity contribution in [3.63, 3.8) is 0 Å². The van der Waals surface area contributed by atoms with Gasteiger partial charge in [0.05, 0.1) is 5.57 Å². The molecular formula is C39H66F4N2. The summed E-state index contributed by atoms with van der Waals surface area (Å²) in [7, 11) is 0. The van der Waals surface area contributed by atoms with Crippen LogP contribution in [-0.4, -0.2) is 47.7 Å². The van der Waals surface area contributed by atoms with Crippen LogP contribution in [0.1, 0.15) is 133 Å². The summed E-state index contributed by atoms with van der Waals surface area (Å²) >= 11 is 0. The van der Waals surface area contributed by atoms with Crippen LogP contribution in [0.15, 0.2) is 70.8 Å². The van der Waals surface area contributed by atoms with Crippen LogP contribution in [0.4, 0.5) is 17.6 Å². The average Bonchev–Trinajstić information content (AvgIpc) is 3.81. The van der Waals surface area contributed by atoms with Gasteiger partial charge in [-0.25, -0.2) is 4.39 Å². The molecule has 0 amide bonds. The lowest BCUT2D eigenvalue weighted by molar-refractivity contribution is -0.0897. The number of allylic oxidation sites excluding steroid dienone is 9. The SMILES string of the molecule is C=C(C)C(/C=C(/C)C(=C)N1CCN(C(CCC)CCC)C(CC)C1)=C/C.CC.CC1CC1.CCC1=C(C(F)(F)F)C=C(F)CC1. The number of rotatable bonds is 11. The summed E-state index contributed by atoms with van der Waals surface area (Å²) < 4.78 is 49.4. The molecule has 2 aliphatic carbocycles. The van der Waals surface area contributed by atoms with Gasteiger partial charge in [-0.2, -0.15) is 13.2 Å². The highest BCUT2D eigenvalue weighted by Crippen LogP contribution is 2.37. The number of piperazine rings is 1. The molecule has 45 heavy (non-hydrogen) atoms. The number of halogens is 4. The van der Waals surface area contributed by atoms with Gasteiger partial charge >= 0.3 is 6.18 Å². The second-order valence-electron chi connectivity index (χ2n) is 12.4. The van der Waals surface area contributed by atoms with Crippen LogP contribution >= 0.6 is 0 Å². The molecule has 1 heterocycles. The molecule has 0 bridgehead atoms. The molecule has 2 fully saturated rings. The Bertz CT molecular complexity index is 1000. The maximum Gasteiger partial charge on any atom is 0.416 e. The first-order chi connectivity index (χ1) is 21.2. The molecule has 0 radical (unpaired) electrons. The van der Waals surface area contributed by atoms with E-state index in [-0.39, 0.29) is 12.8 Å². The third-order valence-electron chi connectivity index (χ3n) is 8.67. The van der Waals surface area contributed by atoms with E-state index in [9.17, 15) is 17.6 Å². The Hall–Kier alpha value is -2.08. The van der Waals surface area contributed by atoms with Crippen molar-refractivity contribution in [3.8, 4) is 0 Å². The lowest BCUT2D eigenvalue weighted by Crippen LogP contribution is -2.55. The van der Waals surface area contributed by atoms with Crippen molar-refractivity contribution in [1.29, 1.82) is 0 Å². The van der Waals surface area contributed by atoms with E-state index in [1.807, 2.05) is 13.8 Å². The standard InChI is InChI=1S/C24H42N2.C9H10F4.C4H8.C2H6/c1-9-13-24(14-10-2)26-16-15-25(18-23(26)12-4)21(8)20(7)17-22(11-3)19(5)6;1-2-6-3-4-7(10)5-8(6)9(11,12)13;1-4-2-3-4;1-2/h11,17,23-24H,5,8-10,12-16,18H2,1-4,6-7H3;5H,2-4H2,1H3;4H,2-3H2,1H3;1-2H3/b20-17-,22-11+;;;. The molecule has 0 aromatic heterocycles. The largest absolute Gasteiger partial charge is 0.416 e. The predicted molar refractivity (Wildman–Crippen MR) is 189 cm³/mol. The van der Waals surface area contributed by atoms with E-state index in [4.69, 9.17) is 0 Å². The molecule has 0 N–H and O–H groups in total. The van der Waals surface area contributed by atoms with Gasteiger partial charge < -0.3 is 4.90 Å². The first-order valence-electron chi connectivity index (χ1n) is 17.6. The average molecular weight is 639 g/mol. The Balaban J connectivity index is 0.000000834. The first-order valence-corrected chi connectivity index (χ1v) is 17.6. The molecule has 0 aromatic carbocycles. The Morgan fingerprint density at radius 1 is 1.00 bits per heavy atom. The zero-order chi connectivity index (χ0) is 34.7. The fourth-order valence-electron chi connectivity index (χ4n) is 5.67. The number of nitrogens with zero attached hydrogens (tertiary/aromatic N) is 2. The molecule has 6 heteroatoms. The summed E-state index contributed by atoms with van der Waals surface area (Å²) in [6.45, 7) is 33.1. The molecule has 3 aliphatic rings. The second kappa shape index (κ2) is 22.4. The minimum Gasteiger partial charge on any atom is -0.369 e. The number of hydrogen-bond acceptors (Lipinski definition) is 2. The van der Waals surface area contributed by atoms with Gasteiger partial charge in [-0.3, -0.25) is 4.90 Å². The first kappa shape index (κ1) is 42.9. The lowest BCUT2D eigenvalue weighted by Gasteiger charge is -2.46. The van der Waals surface area contributed by atoms with Crippen molar-refractivity contribution in [2.75, 3.05) is 19.6 Å². The van der Waals surface area contributed by atoms with Gasteiger partial charge in [0, 0.05) is 43.8 Å². The van der Waals surface area contributed by atoms with Gasteiger partial charge in [0.15, 0.2) is 0 Å². The van der Waals surface area contributed by atoms with Gasteiger partial charge in [-0.15, -0.1) is 0 Å². The molecule has 1 saturated heterocycles. The fraction of sp³-hybridized carbons (Fsp3) is 0.692. The smallest absolute Gasteiger partial charge is 0.369 e. The van der Waals surface area contributed by atoms with E-state index in [0.29, 0.717) is 24.1 Å². The van der Waals surface area contributed by atoms with Gasteiger partial charge in [0.1, 0.15) is 5.83 Å². The minimum atomic E-state index is -4.41. The summed E-state index contributed by atoms with van der Waals surface area (Å²) in [5.41, 5.74) is 4.25. The van der Waals surface area contributed by atoms with Gasteiger partial charge in [-0.05, 0) is 76.0 Å². The zero-order valence-corrected chi connectivity index (χ0v) is 30.5. The maximum absolute atomic E-state index is 12.6. The van der Waals surface area contributed by atoms with Crippen molar-refractivity contribution in [2.24, 2.45) is 5.92 Å². The predicted octanol–water partition coefficient (Wildman–Crippen LogP) is 12.7. The van der Waals surface area contributed by atoms with E-state index in [2.05, 4.69) is 83.6 Å². The normalized spacial score (nSPS) is 19.5. The highest BCUT2D eigenvalue weighted by Gasteiger charge is 2.36. The molecule has 2 nitrogen and oxygen atoms in total. The molecule has 1 aliphatic heterocycles. The molecule has 1 unspecified atom stereocenters. The molecular weight excluding hydrogens is 572 g/mol. The summed E-state index contributed by atoms with van der Waals surface area (Å²) in [6, 6.07) is 1.39. The topological polar surface area (TPSA) is 6.48 Å². The van der Waals surface area contributed by atoms with Crippen molar-refractivity contribution in [3.05, 3.63) is 70.8 Å². The van der Waals surface area contributed by atoms with Crippen LogP contribution in [0.3, 0.4) is 0 Å². The quantitative estimate of drug-likeness (QED) is 0.164. The molecule has 260 valence electrons. The van der Waals surface area contributed by atoms with Gasteiger partial charge in [0.25, 0.3) is 0 Å². The molecule has 0 spiro atoms. The Morgan fingerprint density at radius 2 is 1.56 bits per heavy atom. The minimum absolute atomic E-state index is 0.1000. The van der Waals surface area contributed by atoms with Crippen LogP contribution < -0.4 is 0 Å². The summed E-state index contributed by atoms with van der Waals surface area (Å²) in [6.07, 6.45) is 10.6. The lowest BCUT2D eigenvalue weighted by atomic mass is 9.95.